The Morgan fingerprint density at radius 2 is 2.22 bits per heavy atom. The van der Waals surface area contributed by atoms with Crippen molar-refractivity contribution in [2.24, 2.45) is 11.7 Å². The van der Waals surface area contributed by atoms with Gasteiger partial charge in [0, 0.05) is 28.9 Å². The Balaban J connectivity index is 1.78. The van der Waals surface area contributed by atoms with Crippen LogP contribution in [0.2, 0.25) is 0 Å². The summed E-state index contributed by atoms with van der Waals surface area (Å²) in [5, 5.41) is 0. The van der Waals surface area contributed by atoms with Gasteiger partial charge in [0.1, 0.15) is 0 Å². The zero-order chi connectivity index (χ0) is 16.8. The van der Waals surface area contributed by atoms with Crippen LogP contribution in [0.3, 0.4) is 0 Å². The van der Waals surface area contributed by atoms with Crippen LogP contribution in [0.25, 0.3) is 6.08 Å². The highest BCUT2D eigenvalue weighted by molar-refractivity contribution is 7.12. The van der Waals surface area contributed by atoms with Crippen LogP contribution < -0.4 is 5.73 Å². The number of nitrogens with two attached hydrogens (primary N) is 1. The Kier molecular flexibility index (Phi) is 5.92. The van der Waals surface area contributed by atoms with Crippen molar-refractivity contribution in [1.29, 1.82) is 0 Å². The number of hydrogen-bond donors (Lipinski definition) is 1. The Morgan fingerprint density at radius 1 is 1.43 bits per heavy atom. The molecule has 1 aromatic heterocycles. The Morgan fingerprint density at radius 3 is 2.87 bits per heavy atom. The fraction of sp³-hybridized carbons (Fsp3) is 0.438. The molecule has 2 rings (SSSR count). The van der Waals surface area contributed by atoms with E-state index in [1.165, 1.54) is 11.0 Å². The third-order valence-corrected chi connectivity index (χ3v) is 4.63. The van der Waals surface area contributed by atoms with Gasteiger partial charge in [-0.3, -0.25) is 9.59 Å². The molecule has 0 aromatic carbocycles. The van der Waals surface area contributed by atoms with Crippen LogP contribution in [0.15, 0.2) is 18.2 Å². The van der Waals surface area contributed by atoms with E-state index in [9.17, 15) is 14.4 Å². The smallest absolute Gasteiger partial charge is 0.331 e. The van der Waals surface area contributed by atoms with Crippen molar-refractivity contribution in [2.45, 2.75) is 19.8 Å². The van der Waals surface area contributed by atoms with Crippen molar-refractivity contribution in [2.75, 3.05) is 19.7 Å². The molecule has 1 aliphatic rings. The third-order valence-electron chi connectivity index (χ3n) is 3.66. The van der Waals surface area contributed by atoms with E-state index >= 15 is 0 Å². The van der Waals surface area contributed by atoms with Gasteiger partial charge < -0.3 is 15.4 Å². The molecule has 0 radical (unpaired) electrons. The van der Waals surface area contributed by atoms with E-state index in [0.717, 1.165) is 16.2 Å². The summed E-state index contributed by atoms with van der Waals surface area (Å²) in [5.74, 6) is -1.57. The maximum absolute atomic E-state index is 12.0. The number of amides is 2. The van der Waals surface area contributed by atoms with Gasteiger partial charge in [-0.1, -0.05) is 0 Å². The number of carbonyl (C=O) groups is 3. The van der Waals surface area contributed by atoms with Gasteiger partial charge in [-0.2, -0.15) is 0 Å². The highest BCUT2D eigenvalue weighted by Crippen LogP contribution is 2.17. The number of primary amides is 1. The predicted molar refractivity (Wildman–Crippen MR) is 87.5 cm³/mol. The molecule has 7 heteroatoms. The third kappa shape index (κ3) is 5.21. The van der Waals surface area contributed by atoms with Gasteiger partial charge in [0.05, 0.1) is 5.92 Å². The van der Waals surface area contributed by atoms with Gasteiger partial charge in [0.2, 0.25) is 5.91 Å². The summed E-state index contributed by atoms with van der Waals surface area (Å²) >= 11 is 1.57. The summed E-state index contributed by atoms with van der Waals surface area (Å²) in [6, 6.07) is 3.87. The zero-order valence-corrected chi connectivity index (χ0v) is 13.8. The first-order valence-electron chi connectivity index (χ1n) is 7.44. The lowest BCUT2D eigenvalue weighted by Gasteiger charge is -2.30. The topological polar surface area (TPSA) is 89.7 Å². The standard InChI is InChI=1S/C16H20N2O4S/c1-11-4-5-13(23-11)6-7-15(20)22-10-14(19)18-8-2-3-12(9-18)16(17)21/h4-7,12H,2-3,8-10H2,1H3,(H2,17,21)/b7-6+/t12-/m1/s1. The number of carbonyl (C=O) groups excluding carboxylic acids is 3. The van der Waals surface area contributed by atoms with Crippen molar-refractivity contribution in [3.63, 3.8) is 0 Å². The maximum Gasteiger partial charge on any atom is 0.331 e. The van der Waals surface area contributed by atoms with Crippen LogP contribution in [0, 0.1) is 12.8 Å². The molecule has 0 spiro atoms. The Hall–Kier alpha value is -2.15. The van der Waals surface area contributed by atoms with Crippen LogP contribution in [0.5, 0.6) is 0 Å². The number of piperidine rings is 1. The zero-order valence-electron chi connectivity index (χ0n) is 13.0. The molecule has 0 unspecified atom stereocenters. The van der Waals surface area contributed by atoms with E-state index < -0.39 is 11.9 Å². The fourth-order valence-corrected chi connectivity index (χ4v) is 3.18. The molecule has 1 aliphatic heterocycles. The lowest BCUT2D eigenvalue weighted by Crippen LogP contribution is -2.45. The predicted octanol–water partition coefficient (Wildman–Crippen LogP) is 1.34. The largest absolute Gasteiger partial charge is 0.452 e. The number of ether oxygens (including phenoxy) is 1. The molecule has 0 aliphatic carbocycles. The van der Waals surface area contributed by atoms with E-state index in [2.05, 4.69) is 0 Å². The molecule has 23 heavy (non-hydrogen) atoms. The molecule has 0 bridgehead atoms. The van der Waals surface area contributed by atoms with Crippen molar-refractivity contribution in [1.82, 2.24) is 4.90 Å². The number of hydrogen-bond acceptors (Lipinski definition) is 5. The number of thiophene rings is 1. The van der Waals surface area contributed by atoms with E-state index in [4.69, 9.17) is 10.5 Å². The molecule has 1 fully saturated rings. The molecule has 1 atom stereocenters. The minimum atomic E-state index is -0.562. The second-order valence-corrected chi connectivity index (χ2v) is 6.79. The van der Waals surface area contributed by atoms with Crippen molar-refractivity contribution in [3.8, 4) is 0 Å². The highest BCUT2D eigenvalue weighted by atomic mass is 32.1. The Labute approximate surface area is 138 Å². The Bertz CT molecular complexity index is 623. The summed E-state index contributed by atoms with van der Waals surface area (Å²) in [6.45, 7) is 2.52. The molecular formula is C16H20N2O4S. The van der Waals surface area contributed by atoms with Gasteiger partial charge in [-0.15, -0.1) is 11.3 Å². The number of nitrogens with zero attached hydrogens (tertiary/aromatic N) is 1. The number of rotatable bonds is 5. The monoisotopic (exact) mass is 336 g/mol. The molecule has 0 saturated carbocycles. The lowest BCUT2D eigenvalue weighted by molar-refractivity contribution is -0.149. The minimum Gasteiger partial charge on any atom is -0.452 e. The SMILES string of the molecule is Cc1ccc(/C=C/C(=O)OCC(=O)N2CCC[C@@H](C(N)=O)C2)s1. The van der Waals surface area contributed by atoms with Crippen molar-refractivity contribution >= 4 is 35.2 Å². The average Bonchev–Trinajstić information content (AvgIpc) is 2.96. The normalized spacial score (nSPS) is 18.1. The van der Waals surface area contributed by atoms with E-state index in [-0.39, 0.29) is 18.4 Å². The first kappa shape index (κ1) is 17.2. The fourth-order valence-electron chi connectivity index (χ4n) is 2.40. The molecule has 2 heterocycles. The molecule has 6 nitrogen and oxygen atoms in total. The maximum atomic E-state index is 12.0. The molecule has 2 N–H and O–H groups in total. The second kappa shape index (κ2) is 7.92. The van der Waals surface area contributed by atoms with Gasteiger partial charge in [-0.25, -0.2) is 4.79 Å². The molecule has 124 valence electrons. The van der Waals surface area contributed by atoms with E-state index in [1.54, 1.807) is 17.4 Å². The quantitative estimate of drug-likeness (QED) is 0.649. The summed E-state index contributed by atoms with van der Waals surface area (Å²) in [6.07, 6.45) is 4.39. The van der Waals surface area contributed by atoms with Gasteiger partial charge in [0.25, 0.3) is 5.91 Å². The van der Waals surface area contributed by atoms with Crippen molar-refractivity contribution < 1.29 is 19.1 Å². The van der Waals surface area contributed by atoms with Gasteiger partial charge in [-0.05, 0) is 38.0 Å². The van der Waals surface area contributed by atoms with Gasteiger partial charge in [0.15, 0.2) is 6.61 Å². The van der Waals surface area contributed by atoms with Gasteiger partial charge >= 0.3 is 5.97 Å². The first-order chi connectivity index (χ1) is 11.0. The van der Waals surface area contributed by atoms with Crippen molar-refractivity contribution in [3.05, 3.63) is 28.0 Å². The molecule has 1 saturated heterocycles. The summed E-state index contributed by atoms with van der Waals surface area (Å²) in [7, 11) is 0. The number of esters is 1. The van der Waals surface area contributed by atoms with E-state index in [1.807, 2.05) is 19.1 Å². The molecule has 1 aromatic rings. The summed E-state index contributed by atoms with van der Waals surface area (Å²) in [4.78, 5) is 38.5. The van der Waals surface area contributed by atoms with Crippen LogP contribution >= 0.6 is 11.3 Å². The lowest BCUT2D eigenvalue weighted by atomic mass is 9.97. The van der Waals surface area contributed by atoms with Crippen LogP contribution in [0.4, 0.5) is 0 Å². The summed E-state index contributed by atoms with van der Waals surface area (Å²) < 4.78 is 4.95. The highest BCUT2D eigenvalue weighted by Gasteiger charge is 2.27. The number of likely N-dealkylation sites (tertiary alicyclic amines) is 1. The first-order valence-corrected chi connectivity index (χ1v) is 8.25. The average molecular weight is 336 g/mol. The van der Waals surface area contributed by atoms with E-state index in [0.29, 0.717) is 19.5 Å². The second-order valence-electron chi connectivity index (χ2n) is 5.47. The van der Waals surface area contributed by atoms with Crippen LogP contribution in [-0.2, 0) is 19.1 Å². The van der Waals surface area contributed by atoms with Crippen LogP contribution in [0.1, 0.15) is 22.6 Å². The molecular weight excluding hydrogens is 316 g/mol. The minimum absolute atomic E-state index is 0.301. The van der Waals surface area contributed by atoms with Crippen LogP contribution in [-0.4, -0.2) is 42.4 Å². The number of aryl methyl sites for hydroxylation is 1. The molecule has 2 amide bonds. The summed E-state index contributed by atoms with van der Waals surface area (Å²) in [5.41, 5.74) is 5.28.